The zero-order valence-corrected chi connectivity index (χ0v) is 12.7. The van der Waals surface area contributed by atoms with Crippen molar-refractivity contribution in [3.63, 3.8) is 0 Å². The number of nitrogens with one attached hydrogen (secondary N) is 1. The molecule has 0 aliphatic carbocycles. The SMILES string of the molecule is CCNC(=O)CN1CCN(C(=O)c2ccc(C#N)cc2)CC1. The molecule has 6 nitrogen and oxygen atoms in total. The maximum absolute atomic E-state index is 12.4. The molecule has 2 amide bonds. The molecule has 0 unspecified atom stereocenters. The second kappa shape index (κ2) is 7.57. The Balaban J connectivity index is 1.86. The van der Waals surface area contributed by atoms with Gasteiger partial charge in [0.2, 0.25) is 5.91 Å². The molecule has 1 aromatic carbocycles. The summed E-state index contributed by atoms with van der Waals surface area (Å²) in [6, 6.07) is 8.71. The summed E-state index contributed by atoms with van der Waals surface area (Å²) in [5.41, 5.74) is 1.14. The molecule has 116 valence electrons. The predicted octanol–water partition coefficient (Wildman–Crippen LogP) is 0.452. The molecule has 6 heteroatoms. The van der Waals surface area contributed by atoms with Gasteiger partial charge < -0.3 is 10.2 Å². The van der Waals surface area contributed by atoms with Crippen molar-refractivity contribution in [2.75, 3.05) is 39.3 Å². The standard InChI is InChI=1S/C16H20N4O2/c1-2-18-15(21)12-19-7-9-20(10-8-19)16(22)14-5-3-13(11-17)4-6-14/h3-6H,2,7-10,12H2,1H3,(H,18,21). The van der Waals surface area contributed by atoms with Crippen LogP contribution in [-0.2, 0) is 4.79 Å². The Bertz CT molecular complexity index is 569. The molecule has 1 fully saturated rings. The van der Waals surface area contributed by atoms with Crippen LogP contribution in [0.25, 0.3) is 0 Å². The molecule has 1 N–H and O–H groups in total. The summed E-state index contributed by atoms with van der Waals surface area (Å²) in [5, 5.41) is 11.5. The van der Waals surface area contributed by atoms with Crippen LogP contribution in [0.2, 0.25) is 0 Å². The Hall–Kier alpha value is -2.39. The molecule has 0 atom stereocenters. The van der Waals surface area contributed by atoms with Crippen LogP contribution in [0.4, 0.5) is 0 Å². The summed E-state index contributed by atoms with van der Waals surface area (Å²) in [7, 11) is 0. The molecule has 0 radical (unpaired) electrons. The number of amides is 2. The number of carbonyl (C=O) groups is 2. The average molecular weight is 300 g/mol. The first-order valence-corrected chi connectivity index (χ1v) is 7.42. The summed E-state index contributed by atoms with van der Waals surface area (Å²) in [6.07, 6.45) is 0. The number of likely N-dealkylation sites (N-methyl/N-ethyl adjacent to an activating group) is 1. The van der Waals surface area contributed by atoms with Crippen molar-refractivity contribution in [3.05, 3.63) is 35.4 Å². The van der Waals surface area contributed by atoms with Crippen LogP contribution in [0.1, 0.15) is 22.8 Å². The largest absolute Gasteiger partial charge is 0.355 e. The molecule has 0 saturated carbocycles. The lowest BCUT2D eigenvalue weighted by atomic mass is 10.1. The summed E-state index contributed by atoms with van der Waals surface area (Å²) in [6.45, 7) is 5.52. The second-order valence-corrected chi connectivity index (χ2v) is 5.21. The first-order valence-electron chi connectivity index (χ1n) is 7.42. The van der Waals surface area contributed by atoms with Crippen molar-refractivity contribution < 1.29 is 9.59 Å². The van der Waals surface area contributed by atoms with Crippen LogP contribution in [0, 0.1) is 11.3 Å². The lowest BCUT2D eigenvalue weighted by Gasteiger charge is -2.34. The van der Waals surface area contributed by atoms with E-state index in [4.69, 9.17) is 5.26 Å². The van der Waals surface area contributed by atoms with Gasteiger partial charge in [0.05, 0.1) is 18.2 Å². The van der Waals surface area contributed by atoms with Gasteiger partial charge in [-0.2, -0.15) is 5.26 Å². The van der Waals surface area contributed by atoms with Crippen molar-refractivity contribution in [1.29, 1.82) is 5.26 Å². The Morgan fingerprint density at radius 2 is 1.82 bits per heavy atom. The smallest absolute Gasteiger partial charge is 0.253 e. The summed E-state index contributed by atoms with van der Waals surface area (Å²) >= 11 is 0. The summed E-state index contributed by atoms with van der Waals surface area (Å²) in [5.74, 6) is -0.00322. The van der Waals surface area contributed by atoms with E-state index in [0.717, 1.165) is 0 Å². The van der Waals surface area contributed by atoms with Crippen LogP contribution >= 0.6 is 0 Å². The third-order valence-corrected chi connectivity index (χ3v) is 3.66. The molecule has 1 aliphatic rings. The van der Waals surface area contributed by atoms with E-state index in [1.54, 1.807) is 29.2 Å². The van der Waals surface area contributed by atoms with Crippen LogP contribution in [0.3, 0.4) is 0 Å². The fourth-order valence-corrected chi connectivity index (χ4v) is 2.44. The van der Waals surface area contributed by atoms with Gasteiger partial charge in [0.15, 0.2) is 0 Å². The van der Waals surface area contributed by atoms with Gasteiger partial charge in [-0.3, -0.25) is 14.5 Å². The highest BCUT2D eigenvalue weighted by atomic mass is 16.2. The maximum atomic E-state index is 12.4. The van der Waals surface area contributed by atoms with E-state index in [2.05, 4.69) is 5.32 Å². The molecule has 1 aliphatic heterocycles. The van der Waals surface area contributed by atoms with Gasteiger partial charge in [-0.05, 0) is 31.2 Å². The van der Waals surface area contributed by atoms with Crippen molar-refractivity contribution >= 4 is 11.8 Å². The van der Waals surface area contributed by atoms with E-state index in [9.17, 15) is 9.59 Å². The Morgan fingerprint density at radius 3 is 2.36 bits per heavy atom. The number of hydrogen-bond acceptors (Lipinski definition) is 4. The van der Waals surface area contributed by atoms with Crippen molar-refractivity contribution in [2.45, 2.75) is 6.92 Å². The molecule has 1 saturated heterocycles. The number of nitriles is 1. The highest BCUT2D eigenvalue weighted by Gasteiger charge is 2.23. The monoisotopic (exact) mass is 300 g/mol. The van der Waals surface area contributed by atoms with E-state index < -0.39 is 0 Å². The van der Waals surface area contributed by atoms with Crippen molar-refractivity contribution in [2.24, 2.45) is 0 Å². The number of rotatable bonds is 4. The minimum absolute atomic E-state index is 0.0226. The molecule has 1 heterocycles. The van der Waals surface area contributed by atoms with E-state index in [-0.39, 0.29) is 11.8 Å². The minimum Gasteiger partial charge on any atom is -0.355 e. The number of benzene rings is 1. The molecular formula is C16H20N4O2. The van der Waals surface area contributed by atoms with Gasteiger partial charge in [-0.25, -0.2) is 0 Å². The summed E-state index contributed by atoms with van der Waals surface area (Å²) in [4.78, 5) is 27.8. The lowest BCUT2D eigenvalue weighted by molar-refractivity contribution is -0.122. The molecule has 1 aromatic rings. The number of piperazine rings is 1. The van der Waals surface area contributed by atoms with E-state index in [1.807, 2.05) is 17.9 Å². The predicted molar refractivity (Wildman–Crippen MR) is 82.2 cm³/mol. The third-order valence-electron chi connectivity index (χ3n) is 3.66. The molecule has 22 heavy (non-hydrogen) atoms. The van der Waals surface area contributed by atoms with E-state index in [1.165, 1.54) is 0 Å². The Morgan fingerprint density at radius 1 is 1.18 bits per heavy atom. The first kappa shape index (κ1) is 16.0. The lowest BCUT2D eigenvalue weighted by Crippen LogP contribution is -2.51. The fourth-order valence-electron chi connectivity index (χ4n) is 2.44. The molecule has 0 bridgehead atoms. The van der Waals surface area contributed by atoms with Gasteiger partial charge in [0.1, 0.15) is 0 Å². The number of nitrogens with zero attached hydrogens (tertiary/aromatic N) is 3. The van der Waals surface area contributed by atoms with Gasteiger partial charge in [0, 0.05) is 38.3 Å². The number of carbonyl (C=O) groups excluding carboxylic acids is 2. The third kappa shape index (κ3) is 4.06. The molecular weight excluding hydrogens is 280 g/mol. The zero-order valence-electron chi connectivity index (χ0n) is 12.7. The zero-order chi connectivity index (χ0) is 15.9. The Labute approximate surface area is 130 Å². The normalized spacial score (nSPS) is 15.2. The minimum atomic E-state index is -0.0258. The van der Waals surface area contributed by atoms with Crippen LogP contribution in [0.15, 0.2) is 24.3 Å². The van der Waals surface area contributed by atoms with Gasteiger partial charge >= 0.3 is 0 Å². The van der Waals surface area contributed by atoms with E-state index >= 15 is 0 Å². The molecule has 2 rings (SSSR count). The van der Waals surface area contributed by atoms with Gasteiger partial charge in [-0.15, -0.1) is 0 Å². The quantitative estimate of drug-likeness (QED) is 0.876. The first-order chi connectivity index (χ1) is 10.6. The number of hydrogen-bond donors (Lipinski definition) is 1. The van der Waals surface area contributed by atoms with Crippen molar-refractivity contribution in [1.82, 2.24) is 15.1 Å². The summed E-state index contributed by atoms with van der Waals surface area (Å²) < 4.78 is 0. The van der Waals surface area contributed by atoms with Crippen LogP contribution < -0.4 is 5.32 Å². The second-order valence-electron chi connectivity index (χ2n) is 5.21. The highest BCUT2D eigenvalue weighted by molar-refractivity contribution is 5.94. The highest BCUT2D eigenvalue weighted by Crippen LogP contribution is 2.10. The van der Waals surface area contributed by atoms with Crippen LogP contribution in [-0.4, -0.2) is 60.9 Å². The fraction of sp³-hybridized carbons (Fsp3) is 0.438. The topological polar surface area (TPSA) is 76.4 Å². The van der Waals surface area contributed by atoms with Crippen molar-refractivity contribution in [3.8, 4) is 6.07 Å². The molecule has 0 spiro atoms. The Kier molecular flexibility index (Phi) is 5.50. The average Bonchev–Trinajstić information content (AvgIpc) is 2.55. The van der Waals surface area contributed by atoms with E-state index in [0.29, 0.717) is 50.4 Å². The van der Waals surface area contributed by atoms with Gasteiger partial charge in [0.25, 0.3) is 5.91 Å². The van der Waals surface area contributed by atoms with Crippen LogP contribution in [0.5, 0.6) is 0 Å². The maximum Gasteiger partial charge on any atom is 0.253 e. The molecule has 0 aromatic heterocycles. The van der Waals surface area contributed by atoms with Gasteiger partial charge in [-0.1, -0.05) is 0 Å².